The zero-order chi connectivity index (χ0) is 13.7. The van der Waals surface area contributed by atoms with Crippen LogP contribution in [0, 0.1) is 5.92 Å². The first-order valence-corrected chi connectivity index (χ1v) is 6.84. The van der Waals surface area contributed by atoms with Crippen molar-refractivity contribution in [3.63, 3.8) is 0 Å². The number of unbranched alkanes of at least 4 members (excludes halogenated alkanes) is 1. The maximum absolute atomic E-state index is 11.8. The minimum Gasteiger partial charge on any atom is -0.293 e. The van der Waals surface area contributed by atoms with Gasteiger partial charge in [0.05, 0.1) is 6.04 Å². The van der Waals surface area contributed by atoms with E-state index in [1.807, 2.05) is 18.2 Å². The predicted molar refractivity (Wildman–Crippen MR) is 74.6 cm³/mol. The number of nitrogens with one attached hydrogen (secondary N) is 3. The van der Waals surface area contributed by atoms with Crippen LogP contribution in [0.4, 0.5) is 0 Å². The molecule has 1 fully saturated rings. The average molecular weight is 262 g/mol. The predicted octanol–water partition coefficient (Wildman–Crippen LogP) is 1.00. The summed E-state index contributed by atoms with van der Waals surface area (Å²) in [5.74, 6) is 5.31. The number of nitrogens with two attached hydrogens (primary N) is 1. The number of carbonyl (C=O) groups excluding carboxylic acids is 1. The third-order valence-electron chi connectivity index (χ3n) is 3.73. The average Bonchev–Trinajstić information content (AvgIpc) is 2.89. The van der Waals surface area contributed by atoms with Crippen molar-refractivity contribution in [2.24, 2.45) is 11.8 Å². The summed E-state index contributed by atoms with van der Waals surface area (Å²) in [5, 5.41) is 0. The van der Waals surface area contributed by atoms with Crippen molar-refractivity contribution >= 4 is 5.91 Å². The summed E-state index contributed by atoms with van der Waals surface area (Å²) in [4.78, 5) is 11.8. The Morgan fingerprint density at radius 1 is 1.32 bits per heavy atom. The minimum atomic E-state index is -0.276. The van der Waals surface area contributed by atoms with Crippen LogP contribution in [0.3, 0.4) is 0 Å². The Hall–Kier alpha value is -1.43. The molecule has 0 aliphatic carbocycles. The molecule has 0 saturated carbocycles. The molecular weight excluding hydrogens is 240 g/mol. The summed E-state index contributed by atoms with van der Waals surface area (Å²) in [7, 11) is 0. The summed E-state index contributed by atoms with van der Waals surface area (Å²) in [5.41, 5.74) is 9.75. The molecule has 3 unspecified atom stereocenters. The second-order valence-corrected chi connectivity index (χ2v) is 4.97. The molecule has 0 spiro atoms. The summed E-state index contributed by atoms with van der Waals surface area (Å²) in [6.45, 7) is 2.16. The van der Waals surface area contributed by atoms with Crippen LogP contribution in [0.15, 0.2) is 30.3 Å². The third kappa shape index (κ3) is 3.12. The lowest BCUT2D eigenvalue weighted by atomic mass is 9.85. The molecule has 0 radical (unpaired) electrons. The van der Waals surface area contributed by atoms with E-state index in [0.717, 1.165) is 19.3 Å². The standard InChI is InChI=1S/C14H22N4O/c1-2-3-9-11-12(10-7-5-4-6-8-10)17-18-13(11)14(19)16-15/h4-8,11-13,17-18H,2-3,9,15H2,1H3,(H,16,19). The highest BCUT2D eigenvalue weighted by atomic mass is 16.2. The van der Waals surface area contributed by atoms with Gasteiger partial charge >= 0.3 is 0 Å². The normalized spacial score (nSPS) is 26.3. The third-order valence-corrected chi connectivity index (χ3v) is 3.73. The molecule has 2 rings (SSSR count). The Balaban J connectivity index is 2.16. The second kappa shape index (κ2) is 6.65. The Morgan fingerprint density at radius 3 is 2.68 bits per heavy atom. The molecule has 1 aliphatic rings. The molecule has 1 aromatic rings. The highest BCUT2D eigenvalue weighted by Gasteiger charge is 2.39. The van der Waals surface area contributed by atoms with Gasteiger partial charge in [-0.15, -0.1) is 0 Å². The largest absolute Gasteiger partial charge is 0.293 e. The monoisotopic (exact) mass is 262 g/mol. The van der Waals surface area contributed by atoms with Gasteiger partial charge in [0.2, 0.25) is 0 Å². The molecule has 0 bridgehead atoms. The van der Waals surface area contributed by atoms with Gasteiger partial charge in [-0.3, -0.25) is 10.2 Å². The van der Waals surface area contributed by atoms with Gasteiger partial charge in [-0.25, -0.2) is 16.7 Å². The SMILES string of the molecule is CCCCC1C(C(=O)NN)NNC1c1ccccc1. The summed E-state index contributed by atoms with van der Waals surface area (Å²) in [6, 6.07) is 10.1. The number of hydrazine groups is 2. The van der Waals surface area contributed by atoms with Crippen LogP contribution in [0.25, 0.3) is 0 Å². The number of rotatable bonds is 5. The van der Waals surface area contributed by atoms with Crippen LogP contribution >= 0.6 is 0 Å². The van der Waals surface area contributed by atoms with E-state index in [-0.39, 0.29) is 23.9 Å². The molecule has 0 aromatic heterocycles. The lowest BCUT2D eigenvalue weighted by Gasteiger charge is -2.22. The Labute approximate surface area is 113 Å². The molecular formula is C14H22N4O. The summed E-state index contributed by atoms with van der Waals surface area (Å²) < 4.78 is 0. The van der Waals surface area contributed by atoms with Gasteiger partial charge < -0.3 is 0 Å². The smallest absolute Gasteiger partial charge is 0.252 e. The number of hydrogen-bond acceptors (Lipinski definition) is 4. The Kier molecular flexibility index (Phi) is 4.90. The second-order valence-electron chi connectivity index (χ2n) is 4.97. The lowest BCUT2D eigenvalue weighted by Crippen LogP contribution is -2.48. The van der Waals surface area contributed by atoms with Crippen molar-refractivity contribution in [2.45, 2.75) is 38.3 Å². The molecule has 1 heterocycles. The maximum atomic E-state index is 11.8. The van der Waals surface area contributed by atoms with Crippen LogP contribution in [0.2, 0.25) is 0 Å². The molecule has 3 atom stereocenters. The number of carbonyl (C=O) groups is 1. The first kappa shape index (κ1) is 14.0. The fourth-order valence-corrected chi connectivity index (χ4v) is 2.70. The van der Waals surface area contributed by atoms with E-state index in [1.54, 1.807) is 0 Å². The zero-order valence-corrected chi connectivity index (χ0v) is 11.2. The summed E-state index contributed by atoms with van der Waals surface area (Å²) >= 11 is 0. The highest BCUT2D eigenvalue weighted by molar-refractivity contribution is 5.81. The van der Waals surface area contributed by atoms with Gasteiger partial charge in [0.1, 0.15) is 6.04 Å². The van der Waals surface area contributed by atoms with Crippen LogP contribution in [0.5, 0.6) is 0 Å². The quantitative estimate of drug-likeness (QED) is 0.363. The number of amides is 1. The molecule has 5 nitrogen and oxygen atoms in total. The fraction of sp³-hybridized carbons (Fsp3) is 0.500. The van der Waals surface area contributed by atoms with Gasteiger partial charge in [0, 0.05) is 5.92 Å². The van der Waals surface area contributed by atoms with Crippen LogP contribution < -0.4 is 22.1 Å². The van der Waals surface area contributed by atoms with Crippen LogP contribution in [-0.2, 0) is 4.79 Å². The highest BCUT2D eigenvalue weighted by Crippen LogP contribution is 2.32. The van der Waals surface area contributed by atoms with Crippen molar-refractivity contribution in [3.8, 4) is 0 Å². The van der Waals surface area contributed by atoms with E-state index in [9.17, 15) is 4.79 Å². The first-order chi connectivity index (χ1) is 9.27. The zero-order valence-electron chi connectivity index (χ0n) is 11.2. The van der Waals surface area contributed by atoms with Crippen molar-refractivity contribution in [1.82, 2.24) is 16.3 Å². The molecule has 5 heteroatoms. The first-order valence-electron chi connectivity index (χ1n) is 6.84. The Bertz CT molecular complexity index is 409. The van der Waals surface area contributed by atoms with Crippen LogP contribution in [-0.4, -0.2) is 11.9 Å². The van der Waals surface area contributed by atoms with E-state index >= 15 is 0 Å². The van der Waals surface area contributed by atoms with Gasteiger partial charge in [-0.05, 0) is 12.0 Å². The van der Waals surface area contributed by atoms with Crippen molar-refractivity contribution < 1.29 is 4.79 Å². The van der Waals surface area contributed by atoms with E-state index in [0.29, 0.717) is 0 Å². The van der Waals surface area contributed by atoms with Gasteiger partial charge in [-0.1, -0.05) is 50.1 Å². The van der Waals surface area contributed by atoms with E-state index in [1.165, 1.54) is 5.56 Å². The van der Waals surface area contributed by atoms with E-state index < -0.39 is 0 Å². The van der Waals surface area contributed by atoms with Gasteiger partial charge in [0.25, 0.3) is 5.91 Å². The Morgan fingerprint density at radius 2 is 2.05 bits per heavy atom. The molecule has 5 N–H and O–H groups in total. The lowest BCUT2D eigenvalue weighted by molar-refractivity contribution is -0.123. The van der Waals surface area contributed by atoms with Crippen molar-refractivity contribution in [2.75, 3.05) is 0 Å². The van der Waals surface area contributed by atoms with Crippen molar-refractivity contribution in [1.29, 1.82) is 0 Å². The van der Waals surface area contributed by atoms with Gasteiger partial charge in [-0.2, -0.15) is 0 Å². The molecule has 1 amide bonds. The molecule has 1 aromatic carbocycles. The van der Waals surface area contributed by atoms with Crippen molar-refractivity contribution in [3.05, 3.63) is 35.9 Å². The van der Waals surface area contributed by atoms with E-state index in [2.05, 4.69) is 35.3 Å². The fourth-order valence-electron chi connectivity index (χ4n) is 2.70. The van der Waals surface area contributed by atoms with Gasteiger partial charge in [0.15, 0.2) is 0 Å². The molecule has 104 valence electrons. The topological polar surface area (TPSA) is 79.2 Å². The summed E-state index contributed by atoms with van der Waals surface area (Å²) in [6.07, 6.45) is 3.22. The van der Waals surface area contributed by atoms with E-state index in [4.69, 9.17) is 5.84 Å². The van der Waals surface area contributed by atoms with Crippen LogP contribution in [0.1, 0.15) is 37.8 Å². The molecule has 1 saturated heterocycles. The number of benzene rings is 1. The molecule has 1 aliphatic heterocycles. The minimum absolute atomic E-state index is 0.148. The maximum Gasteiger partial charge on any atom is 0.252 e. The number of hydrogen-bond donors (Lipinski definition) is 4. The molecule has 19 heavy (non-hydrogen) atoms.